The molecule has 1 unspecified atom stereocenters. The van der Waals surface area contributed by atoms with Gasteiger partial charge in [0, 0.05) is 12.8 Å². The van der Waals surface area contributed by atoms with Crippen LogP contribution in [0.5, 0.6) is 0 Å². The van der Waals surface area contributed by atoms with E-state index in [2.05, 4.69) is 37.8 Å². The van der Waals surface area contributed by atoms with Crippen molar-refractivity contribution in [3.05, 3.63) is 35.9 Å². The highest BCUT2D eigenvalue weighted by Crippen LogP contribution is 2.24. The smallest absolute Gasteiger partial charge is 0.0517 e. The van der Waals surface area contributed by atoms with Crippen molar-refractivity contribution in [2.75, 3.05) is 0 Å². The van der Waals surface area contributed by atoms with Gasteiger partial charge in [-0.1, -0.05) is 44.2 Å². The van der Waals surface area contributed by atoms with Gasteiger partial charge in [0.15, 0.2) is 0 Å². The van der Waals surface area contributed by atoms with E-state index in [9.17, 15) is 0 Å². The summed E-state index contributed by atoms with van der Waals surface area (Å²) >= 11 is 0. The molecule has 0 heterocycles. The Morgan fingerprint density at radius 1 is 1.13 bits per heavy atom. The van der Waals surface area contributed by atoms with E-state index in [1.54, 1.807) is 0 Å². The summed E-state index contributed by atoms with van der Waals surface area (Å²) in [6, 6.07) is 10.2. The van der Waals surface area contributed by atoms with Gasteiger partial charge in [0.1, 0.15) is 0 Å². The molecule has 15 heavy (non-hydrogen) atoms. The average Bonchev–Trinajstić information content (AvgIpc) is 2.30. The predicted octanol–water partition coefficient (Wildman–Crippen LogP) is 3.05. The van der Waals surface area contributed by atoms with Gasteiger partial charge in [-0.05, 0) is 12.0 Å². The largest absolute Gasteiger partial charge is 0.321 e. The van der Waals surface area contributed by atoms with Crippen molar-refractivity contribution in [3.8, 4) is 11.8 Å². The van der Waals surface area contributed by atoms with Gasteiger partial charge in [0.25, 0.3) is 0 Å². The Morgan fingerprint density at radius 3 is 2.33 bits per heavy atom. The number of nitrogens with two attached hydrogens (primary N) is 1. The second kappa shape index (κ2) is 5.58. The highest BCUT2D eigenvalue weighted by molar-refractivity contribution is 5.26. The van der Waals surface area contributed by atoms with Crippen LogP contribution in [0.3, 0.4) is 0 Å². The summed E-state index contributed by atoms with van der Waals surface area (Å²) in [5, 5.41) is 0. The summed E-state index contributed by atoms with van der Waals surface area (Å²) in [5.41, 5.74) is 7.25. The minimum absolute atomic E-state index is 0.288. The molecule has 0 aliphatic carbocycles. The minimum Gasteiger partial charge on any atom is -0.321 e. The molecule has 0 radical (unpaired) electrons. The first-order valence-corrected chi connectivity index (χ1v) is 5.53. The first-order valence-electron chi connectivity index (χ1n) is 5.53. The molecule has 1 nitrogen and oxygen atoms in total. The van der Waals surface area contributed by atoms with Gasteiger partial charge in [-0.3, -0.25) is 0 Å². The Balaban J connectivity index is 2.85. The molecule has 0 aromatic heterocycles. The highest BCUT2D eigenvalue weighted by atomic mass is 14.7. The summed E-state index contributed by atoms with van der Waals surface area (Å²) in [6.07, 6.45) is 2.55. The molecule has 1 aromatic rings. The lowest BCUT2D eigenvalue weighted by molar-refractivity contribution is 0.440. The van der Waals surface area contributed by atoms with Crippen LogP contribution in [0.25, 0.3) is 0 Å². The normalized spacial score (nSPS) is 13.8. The molecule has 0 spiro atoms. The van der Waals surface area contributed by atoms with Crippen LogP contribution in [0.2, 0.25) is 0 Å². The van der Waals surface area contributed by atoms with Gasteiger partial charge in [-0.2, -0.15) is 0 Å². The topological polar surface area (TPSA) is 26.0 Å². The van der Waals surface area contributed by atoms with E-state index in [4.69, 9.17) is 5.73 Å². The van der Waals surface area contributed by atoms with Crippen molar-refractivity contribution < 1.29 is 0 Å². The monoisotopic (exact) mass is 201 g/mol. The van der Waals surface area contributed by atoms with Crippen molar-refractivity contribution in [2.24, 2.45) is 5.73 Å². The van der Waals surface area contributed by atoms with Crippen molar-refractivity contribution in [2.45, 2.75) is 38.6 Å². The van der Waals surface area contributed by atoms with Crippen LogP contribution in [0.1, 0.15) is 38.7 Å². The third kappa shape index (κ3) is 3.11. The van der Waals surface area contributed by atoms with Crippen LogP contribution in [0.15, 0.2) is 30.3 Å². The lowest BCUT2D eigenvalue weighted by Crippen LogP contribution is -2.35. The van der Waals surface area contributed by atoms with Crippen molar-refractivity contribution >= 4 is 0 Å². The molecule has 0 bridgehead atoms. The zero-order valence-electron chi connectivity index (χ0n) is 9.59. The molecule has 0 aliphatic rings. The Morgan fingerprint density at radius 2 is 1.80 bits per heavy atom. The first kappa shape index (κ1) is 11.8. The number of hydrogen-bond donors (Lipinski definition) is 1. The molecule has 1 heteroatoms. The average molecular weight is 201 g/mol. The van der Waals surface area contributed by atoms with Crippen LogP contribution < -0.4 is 5.73 Å². The van der Waals surface area contributed by atoms with Gasteiger partial charge in [0.05, 0.1) is 5.54 Å². The third-order valence-corrected chi connectivity index (χ3v) is 2.69. The van der Waals surface area contributed by atoms with Crippen molar-refractivity contribution in [1.29, 1.82) is 0 Å². The predicted molar refractivity (Wildman–Crippen MR) is 65.3 cm³/mol. The quantitative estimate of drug-likeness (QED) is 0.747. The molecular weight excluding hydrogens is 182 g/mol. The molecule has 0 saturated heterocycles. The zero-order chi connectivity index (χ0) is 11.1. The Labute approximate surface area is 92.7 Å². The molecule has 1 atom stereocenters. The third-order valence-electron chi connectivity index (χ3n) is 2.69. The summed E-state index contributed by atoms with van der Waals surface area (Å²) in [5.74, 6) is 6.23. The molecule has 0 saturated carbocycles. The van der Waals surface area contributed by atoms with Crippen LogP contribution >= 0.6 is 0 Å². The molecular formula is C14H19N. The lowest BCUT2D eigenvalue weighted by Gasteiger charge is -2.26. The Hall–Kier alpha value is -1.26. The van der Waals surface area contributed by atoms with Crippen molar-refractivity contribution in [1.82, 2.24) is 0 Å². The molecule has 0 aliphatic heterocycles. The summed E-state index contributed by atoms with van der Waals surface area (Å²) in [6.45, 7) is 4.17. The van der Waals surface area contributed by atoms with E-state index < -0.39 is 0 Å². The lowest BCUT2D eigenvalue weighted by atomic mass is 9.85. The van der Waals surface area contributed by atoms with E-state index >= 15 is 0 Å². The number of hydrogen-bond acceptors (Lipinski definition) is 1. The standard InChI is InChI=1S/C14H19N/c1-3-5-9-12-14(15,4-2)13-10-7-6-8-11-13/h6-8,10-11H,3-4,12,15H2,1-2H3. The Kier molecular flexibility index (Phi) is 4.39. The maximum atomic E-state index is 6.36. The fraction of sp³-hybridized carbons (Fsp3) is 0.429. The molecule has 80 valence electrons. The maximum absolute atomic E-state index is 6.36. The van der Waals surface area contributed by atoms with E-state index in [0.717, 1.165) is 19.3 Å². The fourth-order valence-electron chi connectivity index (χ4n) is 1.55. The first-order chi connectivity index (χ1) is 7.23. The minimum atomic E-state index is -0.288. The molecule has 1 aromatic carbocycles. The van der Waals surface area contributed by atoms with E-state index in [1.165, 1.54) is 5.56 Å². The van der Waals surface area contributed by atoms with E-state index in [1.807, 2.05) is 18.2 Å². The number of rotatable bonds is 3. The summed E-state index contributed by atoms with van der Waals surface area (Å²) < 4.78 is 0. The summed E-state index contributed by atoms with van der Waals surface area (Å²) in [4.78, 5) is 0. The molecule has 1 rings (SSSR count). The van der Waals surface area contributed by atoms with Crippen LogP contribution in [0, 0.1) is 11.8 Å². The fourth-order valence-corrected chi connectivity index (χ4v) is 1.55. The van der Waals surface area contributed by atoms with Crippen LogP contribution in [-0.2, 0) is 5.54 Å². The van der Waals surface area contributed by atoms with E-state index in [-0.39, 0.29) is 5.54 Å². The van der Waals surface area contributed by atoms with Crippen LogP contribution in [-0.4, -0.2) is 0 Å². The van der Waals surface area contributed by atoms with Gasteiger partial charge in [-0.15, -0.1) is 11.8 Å². The molecule has 0 amide bonds. The van der Waals surface area contributed by atoms with Crippen LogP contribution in [0.4, 0.5) is 0 Å². The van der Waals surface area contributed by atoms with Gasteiger partial charge in [-0.25, -0.2) is 0 Å². The Bertz CT molecular complexity index is 345. The molecule has 0 fully saturated rings. The highest BCUT2D eigenvalue weighted by Gasteiger charge is 2.23. The second-order valence-corrected chi connectivity index (χ2v) is 3.76. The van der Waals surface area contributed by atoms with E-state index in [0.29, 0.717) is 0 Å². The maximum Gasteiger partial charge on any atom is 0.0517 e. The summed E-state index contributed by atoms with van der Waals surface area (Å²) in [7, 11) is 0. The molecule has 2 N–H and O–H groups in total. The SMILES string of the molecule is CCC#CCC(N)(CC)c1ccccc1. The second-order valence-electron chi connectivity index (χ2n) is 3.76. The van der Waals surface area contributed by atoms with Gasteiger partial charge in [0.2, 0.25) is 0 Å². The van der Waals surface area contributed by atoms with Crippen molar-refractivity contribution in [3.63, 3.8) is 0 Å². The van der Waals surface area contributed by atoms with Gasteiger partial charge < -0.3 is 5.73 Å². The van der Waals surface area contributed by atoms with Gasteiger partial charge >= 0.3 is 0 Å². The number of benzene rings is 1. The zero-order valence-corrected chi connectivity index (χ0v) is 9.59.